The fourth-order valence-electron chi connectivity index (χ4n) is 2.57. The molecule has 3 rings (SSSR count). The Hall–Kier alpha value is -2.44. The third-order valence-electron chi connectivity index (χ3n) is 3.93. The van der Waals surface area contributed by atoms with Gasteiger partial charge in [0.2, 0.25) is 0 Å². The van der Waals surface area contributed by atoms with Gasteiger partial charge >= 0.3 is 0 Å². The van der Waals surface area contributed by atoms with Gasteiger partial charge in [0, 0.05) is 18.3 Å². The van der Waals surface area contributed by atoms with Crippen molar-refractivity contribution in [2.24, 2.45) is 0 Å². The Labute approximate surface area is 151 Å². The third-order valence-corrected chi connectivity index (χ3v) is 4.78. The average molecular weight is 355 g/mol. The number of hydrogen-bond donors (Lipinski definition) is 1. The lowest BCUT2D eigenvalue weighted by molar-refractivity contribution is 0.0934. The molecule has 6 heteroatoms. The Kier molecular flexibility index (Phi) is 5.63. The fourth-order valence-corrected chi connectivity index (χ4v) is 3.37. The van der Waals surface area contributed by atoms with Crippen molar-refractivity contribution in [3.05, 3.63) is 76.1 Å². The van der Waals surface area contributed by atoms with Gasteiger partial charge in [-0.2, -0.15) is 0 Å². The molecule has 1 atom stereocenters. The summed E-state index contributed by atoms with van der Waals surface area (Å²) in [6.45, 7) is 0.463. The van der Waals surface area contributed by atoms with Gasteiger partial charge in [-0.15, -0.1) is 11.3 Å². The molecule has 0 aliphatic rings. The van der Waals surface area contributed by atoms with E-state index in [2.05, 4.69) is 22.4 Å². The van der Waals surface area contributed by atoms with E-state index in [1.165, 1.54) is 16.9 Å². The molecular formula is C19H21N3O2S. The second kappa shape index (κ2) is 8.09. The van der Waals surface area contributed by atoms with Gasteiger partial charge in [-0.1, -0.05) is 30.3 Å². The van der Waals surface area contributed by atoms with Crippen molar-refractivity contribution >= 4 is 17.2 Å². The van der Waals surface area contributed by atoms with Gasteiger partial charge in [-0.05, 0) is 31.8 Å². The Bertz CT molecular complexity index is 797. The lowest BCUT2D eigenvalue weighted by Crippen LogP contribution is -2.34. The van der Waals surface area contributed by atoms with Crippen LogP contribution < -0.4 is 5.32 Å². The maximum atomic E-state index is 12.4. The number of furan rings is 1. The molecule has 0 aliphatic heterocycles. The van der Waals surface area contributed by atoms with E-state index in [-0.39, 0.29) is 11.9 Å². The number of hydrogen-bond acceptors (Lipinski definition) is 5. The Morgan fingerprint density at radius 3 is 2.72 bits per heavy atom. The van der Waals surface area contributed by atoms with Crippen molar-refractivity contribution < 1.29 is 9.21 Å². The summed E-state index contributed by atoms with van der Waals surface area (Å²) in [7, 11) is 3.92. The van der Waals surface area contributed by atoms with E-state index in [1.54, 1.807) is 6.26 Å². The van der Waals surface area contributed by atoms with E-state index in [1.807, 2.05) is 54.7 Å². The minimum absolute atomic E-state index is 0.0126. The predicted molar refractivity (Wildman–Crippen MR) is 98.8 cm³/mol. The zero-order valence-electron chi connectivity index (χ0n) is 14.3. The first-order chi connectivity index (χ1) is 12.1. The molecule has 0 fully saturated rings. The van der Waals surface area contributed by atoms with Crippen molar-refractivity contribution in [3.63, 3.8) is 0 Å². The van der Waals surface area contributed by atoms with E-state index >= 15 is 0 Å². The molecule has 0 saturated heterocycles. The number of aromatic nitrogens is 1. The summed E-state index contributed by atoms with van der Waals surface area (Å²) in [5, 5.41) is 5.70. The summed E-state index contributed by atoms with van der Waals surface area (Å²) < 4.78 is 5.46. The molecule has 1 aromatic carbocycles. The highest BCUT2D eigenvalue weighted by Crippen LogP contribution is 2.18. The van der Waals surface area contributed by atoms with Crippen molar-refractivity contribution in [1.82, 2.24) is 15.2 Å². The summed E-state index contributed by atoms with van der Waals surface area (Å²) in [6, 6.07) is 13.9. The van der Waals surface area contributed by atoms with Crippen LogP contribution in [0.15, 0.2) is 58.5 Å². The van der Waals surface area contributed by atoms with Crippen molar-refractivity contribution in [1.29, 1.82) is 0 Å². The fraction of sp³-hybridized carbons (Fsp3) is 0.263. The summed E-state index contributed by atoms with van der Waals surface area (Å²) in [6.07, 6.45) is 2.38. The topological polar surface area (TPSA) is 58.4 Å². The SMILES string of the molecule is CN(C)[C@@H](CNC(=O)c1csc(Cc2ccccc2)n1)c1ccco1. The molecule has 2 aromatic heterocycles. The van der Waals surface area contributed by atoms with Crippen LogP contribution in [0.2, 0.25) is 0 Å². The number of amides is 1. The van der Waals surface area contributed by atoms with Crippen LogP contribution in [0.3, 0.4) is 0 Å². The van der Waals surface area contributed by atoms with Gasteiger partial charge in [0.1, 0.15) is 11.5 Å². The molecule has 1 amide bonds. The highest BCUT2D eigenvalue weighted by Gasteiger charge is 2.19. The van der Waals surface area contributed by atoms with Crippen LogP contribution in [0.4, 0.5) is 0 Å². The van der Waals surface area contributed by atoms with Crippen LogP contribution in [0.1, 0.15) is 32.9 Å². The number of likely N-dealkylation sites (N-methyl/N-ethyl adjacent to an activating group) is 1. The van der Waals surface area contributed by atoms with Gasteiger partial charge in [-0.3, -0.25) is 9.69 Å². The highest BCUT2D eigenvalue weighted by molar-refractivity contribution is 7.09. The largest absolute Gasteiger partial charge is 0.468 e. The maximum Gasteiger partial charge on any atom is 0.270 e. The van der Waals surface area contributed by atoms with E-state index in [4.69, 9.17) is 4.42 Å². The third kappa shape index (κ3) is 4.55. The number of nitrogens with one attached hydrogen (secondary N) is 1. The van der Waals surface area contributed by atoms with Crippen LogP contribution in [0, 0.1) is 0 Å². The number of carbonyl (C=O) groups is 1. The number of carbonyl (C=O) groups excluding carboxylic acids is 1. The minimum Gasteiger partial charge on any atom is -0.468 e. The molecule has 3 aromatic rings. The van der Waals surface area contributed by atoms with Crippen LogP contribution in [0.25, 0.3) is 0 Å². The first kappa shape index (κ1) is 17.4. The van der Waals surface area contributed by atoms with Crippen molar-refractivity contribution in [2.75, 3.05) is 20.6 Å². The molecule has 25 heavy (non-hydrogen) atoms. The number of rotatable bonds is 7. The van der Waals surface area contributed by atoms with Crippen LogP contribution >= 0.6 is 11.3 Å². The second-order valence-electron chi connectivity index (χ2n) is 5.99. The zero-order valence-corrected chi connectivity index (χ0v) is 15.1. The van der Waals surface area contributed by atoms with Gasteiger partial charge in [0.15, 0.2) is 0 Å². The summed E-state index contributed by atoms with van der Waals surface area (Å²) in [4.78, 5) is 18.9. The summed E-state index contributed by atoms with van der Waals surface area (Å²) in [5.74, 6) is 0.669. The molecule has 0 spiro atoms. The van der Waals surface area contributed by atoms with E-state index in [0.29, 0.717) is 12.2 Å². The smallest absolute Gasteiger partial charge is 0.270 e. The second-order valence-corrected chi connectivity index (χ2v) is 6.94. The number of benzene rings is 1. The monoisotopic (exact) mass is 355 g/mol. The number of nitrogens with zero attached hydrogens (tertiary/aromatic N) is 2. The Balaban J connectivity index is 1.60. The molecule has 5 nitrogen and oxygen atoms in total. The first-order valence-electron chi connectivity index (χ1n) is 8.10. The van der Waals surface area contributed by atoms with Crippen LogP contribution in [-0.4, -0.2) is 36.4 Å². The van der Waals surface area contributed by atoms with Crippen LogP contribution in [-0.2, 0) is 6.42 Å². The van der Waals surface area contributed by atoms with Gasteiger partial charge in [-0.25, -0.2) is 4.98 Å². The quantitative estimate of drug-likeness (QED) is 0.706. The van der Waals surface area contributed by atoms with Crippen molar-refractivity contribution in [3.8, 4) is 0 Å². The van der Waals surface area contributed by atoms with Crippen LogP contribution in [0.5, 0.6) is 0 Å². The molecule has 0 bridgehead atoms. The Morgan fingerprint density at radius 1 is 1.24 bits per heavy atom. The molecule has 0 saturated carbocycles. The first-order valence-corrected chi connectivity index (χ1v) is 8.98. The lowest BCUT2D eigenvalue weighted by Gasteiger charge is -2.22. The molecule has 2 heterocycles. The van der Waals surface area contributed by atoms with Gasteiger partial charge in [0.05, 0.1) is 17.3 Å². The predicted octanol–water partition coefficient (Wildman–Crippen LogP) is 3.36. The molecule has 1 N–H and O–H groups in total. The molecule has 0 radical (unpaired) electrons. The Morgan fingerprint density at radius 2 is 2.04 bits per heavy atom. The van der Waals surface area contributed by atoms with E-state index in [0.717, 1.165) is 17.2 Å². The average Bonchev–Trinajstić information content (AvgIpc) is 3.28. The van der Waals surface area contributed by atoms with Gasteiger partial charge < -0.3 is 9.73 Å². The normalized spacial score (nSPS) is 12.3. The minimum atomic E-state index is -0.158. The lowest BCUT2D eigenvalue weighted by atomic mass is 10.2. The summed E-state index contributed by atoms with van der Waals surface area (Å²) in [5.41, 5.74) is 1.65. The highest BCUT2D eigenvalue weighted by atomic mass is 32.1. The van der Waals surface area contributed by atoms with Gasteiger partial charge in [0.25, 0.3) is 5.91 Å². The standard InChI is InChI=1S/C19H21N3O2S/c1-22(2)16(17-9-6-10-24-17)12-20-19(23)15-13-25-18(21-15)11-14-7-4-3-5-8-14/h3-10,13,16H,11-12H2,1-2H3,(H,20,23)/t16-/m0/s1. The molecule has 0 aliphatic carbocycles. The molecular weight excluding hydrogens is 334 g/mol. The van der Waals surface area contributed by atoms with E-state index in [9.17, 15) is 4.79 Å². The summed E-state index contributed by atoms with van der Waals surface area (Å²) >= 11 is 1.51. The molecule has 130 valence electrons. The van der Waals surface area contributed by atoms with Crippen molar-refractivity contribution in [2.45, 2.75) is 12.5 Å². The molecule has 0 unspecified atom stereocenters. The number of thiazole rings is 1. The van der Waals surface area contributed by atoms with E-state index < -0.39 is 0 Å². The zero-order chi connectivity index (χ0) is 17.6. The maximum absolute atomic E-state index is 12.4.